The van der Waals surface area contributed by atoms with Gasteiger partial charge in [0.05, 0.1) is 15.5 Å². The lowest BCUT2D eigenvalue weighted by atomic mass is 10.3. The van der Waals surface area contributed by atoms with Crippen molar-refractivity contribution in [2.75, 3.05) is 11.5 Å². The van der Waals surface area contributed by atoms with Gasteiger partial charge in [0, 0.05) is 5.69 Å². The first kappa shape index (κ1) is 12.3. The second kappa shape index (κ2) is 4.23. The highest BCUT2D eigenvalue weighted by Gasteiger charge is 2.18. The number of nitrogen functional groups attached to an aromatic ring is 2. The summed E-state index contributed by atoms with van der Waals surface area (Å²) in [5.74, 6) is -0.151. The molecule has 0 unspecified atom stereocenters. The Labute approximate surface area is 105 Å². The Morgan fingerprint density at radius 2 is 1.61 bits per heavy atom. The van der Waals surface area contributed by atoms with Gasteiger partial charge in [-0.2, -0.15) is 0 Å². The van der Waals surface area contributed by atoms with Crippen molar-refractivity contribution < 1.29 is 13.5 Å². The van der Waals surface area contributed by atoms with Crippen molar-refractivity contribution in [3.63, 3.8) is 0 Å². The summed E-state index contributed by atoms with van der Waals surface area (Å²) in [7, 11) is -3.67. The highest BCUT2D eigenvalue weighted by atomic mass is 32.2. The monoisotopic (exact) mass is 264 g/mol. The molecule has 0 saturated carbocycles. The molecule has 94 valence electrons. The molecule has 0 aliphatic heterocycles. The molecule has 5 N–H and O–H groups in total. The van der Waals surface area contributed by atoms with Crippen LogP contribution in [0.1, 0.15) is 0 Å². The zero-order chi connectivity index (χ0) is 13.3. The summed E-state index contributed by atoms with van der Waals surface area (Å²) in [4.78, 5) is 0.107. The number of sulfone groups is 1. The van der Waals surface area contributed by atoms with E-state index in [-0.39, 0.29) is 21.2 Å². The van der Waals surface area contributed by atoms with Gasteiger partial charge in [0.25, 0.3) is 0 Å². The fourth-order valence-corrected chi connectivity index (χ4v) is 2.87. The molecule has 0 atom stereocenters. The van der Waals surface area contributed by atoms with Crippen LogP contribution in [0.15, 0.2) is 52.3 Å². The van der Waals surface area contributed by atoms with Crippen LogP contribution in [0.4, 0.5) is 11.4 Å². The van der Waals surface area contributed by atoms with E-state index in [9.17, 15) is 13.5 Å². The van der Waals surface area contributed by atoms with Gasteiger partial charge < -0.3 is 16.6 Å². The van der Waals surface area contributed by atoms with E-state index < -0.39 is 9.84 Å². The van der Waals surface area contributed by atoms with Crippen molar-refractivity contribution in [2.45, 2.75) is 9.79 Å². The molecule has 2 rings (SSSR count). The van der Waals surface area contributed by atoms with Gasteiger partial charge in [-0.05, 0) is 36.4 Å². The largest absolute Gasteiger partial charge is 0.506 e. The molecule has 0 heterocycles. The van der Waals surface area contributed by atoms with Crippen LogP contribution in [-0.2, 0) is 9.84 Å². The predicted octanol–water partition coefficient (Wildman–Crippen LogP) is 1.39. The van der Waals surface area contributed by atoms with Crippen molar-refractivity contribution in [1.82, 2.24) is 0 Å². The number of anilines is 2. The standard InChI is InChI=1S/C12H12N2O3S/c13-8-2-1-3-9(6-8)18(16,17)10-4-5-12(15)11(14)7-10/h1-7,15H,13-14H2. The van der Waals surface area contributed by atoms with Gasteiger partial charge in [-0.3, -0.25) is 0 Å². The van der Waals surface area contributed by atoms with Gasteiger partial charge >= 0.3 is 0 Å². The smallest absolute Gasteiger partial charge is 0.206 e. The first-order valence-corrected chi connectivity index (χ1v) is 6.59. The number of phenolic OH excluding ortho intramolecular Hbond substituents is 1. The molecule has 2 aromatic rings. The van der Waals surface area contributed by atoms with Crippen LogP contribution >= 0.6 is 0 Å². The summed E-state index contributed by atoms with van der Waals surface area (Å²) in [5, 5.41) is 9.28. The summed E-state index contributed by atoms with van der Waals surface area (Å²) in [5.41, 5.74) is 11.4. The minimum Gasteiger partial charge on any atom is -0.506 e. The molecule has 6 heteroatoms. The third-order valence-corrected chi connectivity index (χ3v) is 4.23. The first-order valence-electron chi connectivity index (χ1n) is 5.10. The van der Waals surface area contributed by atoms with Crippen LogP contribution in [0, 0.1) is 0 Å². The maximum Gasteiger partial charge on any atom is 0.206 e. The minimum atomic E-state index is -3.67. The third kappa shape index (κ3) is 2.10. The quantitative estimate of drug-likeness (QED) is 0.561. The fraction of sp³-hybridized carbons (Fsp3) is 0. The maximum atomic E-state index is 12.3. The van der Waals surface area contributed by atoms with E-state index in [1.165, 1.54) is 30.3 Å². The van der Waals surface area contributed by atoms with E-state index in [1.54, 1.807) is 12.1 Å². The number of phenols is 1. The van der Waals surface area contributed by atoms with E-state index in [0.717, 1.165) is 0 Å². The molecule has 5 nitrogen and oxygen atoms in total. The van der Waals surface area contributed by atoms with Gasteiger partial charge in [-0.15, -0.1) is 0 Å². The van der Waals surface area contributed by atoms with Crippen LogP contribution in [0.25, 0.3) is 0 Å². The molecule has 0 amide bonds. The zero-order valence-corrected chi connectivity index (χ0v) is 10.2. The Balaban J connectivity index is 2.58. The summed E-state index contributed by atoms with van der Waals surface area (Å²) < 4.78 is 24.5. The number of aromatic hydroxyl groups is 1. The van der Waals surface area contributed by atoms with Crippen LogP contribution < -0.4 is 11.5 Å². The molecular formula is C12H12N2O3S. The molecular weight excluding hydrogens is 252 g/mol. The molecule has 0 fully saturated rings. The SMILES string of the molecule is Nc1cccc(S(=O)(=O)c2ccc(O)c(N)c2)c1. The molecule has 0 spiro atoms. The Morgan fingerprint density at radius 1 is 0.944 bits per heavy atom. The zero-order valence-electron chi connectivity index (χ0n) is 9.37. The molecule has 0 radical (unpaired) electrons. The topological polar surface area (TPSA) is 106 Å². The lowest BCUT2D eigenvalue weighted by Crippen LogP contribution is -2.03. The average Bonchev–Trinajstić information content (AvgIpc) is 2.32. The van der Waals surface area contributed by atoms with E-state index >= 15 is 0 Å². The highest BCUT2D eigenvalue weighted by Crippen LogP contribution is 2.27. The average molecular weight is 264 g/mol. The molecule has 18 heavy (non-hydrogen) atoms. The summed E-state index contributed by atoms with van der Waals surface area (Å²) in [6, 6.07) is 9.75. The Hall–Kier alpha value is -2.21. The van der Waals surface area contributed by atoms with Crippen LogP contribution in [0.5, 0.6) is 5.75 Å². The van der Waals surface area contributed by atoms with Gasteiger partial charge in [0.1, 0.15) is 5.75 Å². The first-order chi connectivity index (χ1) is 8.41. The van der Waals surface area contributed by atoms with E-state index in [2.05, 4.69) is 0 Å². The normalized spacial score (nSPS) is 11.3. The van der Waals surface area contributed by atoms with Crippen LogP contribution in [0.3, 0.4) is 0 Å². The maximum absolute atomic E-state index is 12.3. The third-order valence-electron chi connectivity index (χ3n) is 2.48. The molecule has 0 aliphatic carbocycles. The summed E-state index contributed by atoms with van der Waals surface area (Å²) in [6.45, 7) is 0. The van der Waals surface area contributed by atoms with Crippen molar-refractivity contribution in [2.24, 2.45) is 0 Å². The summed E-state index contributed by atoms with van der Waals surface area (Å²) in [6.07, 6.45) is 0. The van der Waals surface area contributed by atoms with Gasteiger partial charge in [0.15, 0.2) is 0 Å². The minimum absolute atomic E-state index is 0.0139. The number of hydrogen-bond donors (Lipinski definition) is 3. The second-order valence-electron chi connectivity index (χ2n) is 3.80. The number of hydrogen-bond acceptors (Lipinski definition) is 5. The molecule has 0 saturated heterocycles. The van der Waals surface area contributed by atoms with Crippen molar-refractivity contribution >= 4 is 21.2 Å². The lowest BCUT2D eigenvalue weighted by Gasteiger charge is -2.07. The molecule has 0 bridgehead atoms. The molecule has 0 aromatic heterocycles. The fourth-order valence-electron chi connectivity index (χ4n) is 1.52. The molecule has 2 aromatic carbocycles. The highest BCUT2D eigenvalue weighted by molar-refractivity contribution is 7.91. The van der Waals surface area contributed by atoms with E-state index in [0.29, 0.717) is 5.69 Å². The van der Waals surface area contributed by atoms with Gasteiger partial charge in [0.2, 0.25) is 9.84 Å². The lowest BCUT2D eigenvalue weighted by molar-refractivity contribution is 0.477. The Bertz CT molecular complexity index is 696. The Morgan fingerprint density at radius 3 is 2.22 bits per heavy atom. The van der Waals surface area contributed by atoms with E-state index in [1.807, 2.05) is 0 Å². The van der Waals surface area contributed by atoms with Crippen LogP contribution in [-0.4, -0.2) is 13.5 Å². The van der Waals surface area contributed by atoms with Gasteiger partial charge in [-0.1, -0.05) is 6.07 Å². The Kier molecular flexibility index (Phi) is 2.88. The van der Waals surface area contributed by atoms with Crippen molar-refractivity contribution in [3.8, 4) is 5.75 Å². The van der Waals surface area contributed by atoms with Crippen LogP contribution in [0.2, 0.25) is 0 Å². The number of rotatable bonds is 2. The number of nitrogens with two attached hydrogens (primary N) is 2. The molecule has 0 aliphatic rings. The van der Waals surface area contributed by atoms with Crippen molar-refractivity contribution in [3.05, 3.63) is 42.5 Å². The van der Waals surface area contributed by atoms with Gasteiger partial charge in [-0.25, -0.2) is 8.42 Å². The van der Waals surface area contributed by atoms with Crippen molar-refractivity contribution in [1.29, 1.82) is 0 Å². The van der Waals surface area contributed by atoms with E-state index in [4.69, 9.17) is 11.5 Å². The predicted molar refractivity (Wildman–Crippen MR) is 68.8 cm³/mol. The summed E-state index contributed by atoms with van der Waals surface area (Å²) >= 11 is 0. The number of benzene rings is 2. The second-order valence-corrected chi connectivity index (χ2v) is 5.75.